The van der Waals surface area contributed by atoms with Gasteiger partial charge in [-0.1, -0.05) is 62.4 Å². The van der Waals surface area contributed by atoms with E-state index in [1.54, 1.807) is 37.4 Å². The van der Waals surface area contributed by atoms with Gasteiger partial charge < -0.3 is 15.0 Å². The zero-order valence-corrected chi connectivity index (χ0v) is 18.9. The highest BCUT2D eigenvalue weighted by atomic mass is 16.5. The molecular weight excluding hydrogens is 400 g/mol. The molecule has 0 aliphatic rings. The van der Waals surface area contributed by atoms with Gasteiger partial charge in [0.2, 0.25) is 0 Å². The van der Waals surface area contributed by atoms with Crippen LogP contribution >= 0.6 is 0 Å². The van der Waals surface area contributed by atoms with Crippen LogP contribution in [0.2, 0.25) is 0 Å². The lowest BCUT2D eigenvalue weighted by atomic mass is 10.1. The van der Waals surface area contributed by atoms with E-state index in [1.807, 2.05) is 48.5 Å². The molecule has 32 heavy (non-hydrogen) atoms. The van der Waals surface area contributed by atoms with Crippen LogP contribution in [0.15, 0.2) is 78.9 Å². The molecule has 0 spiro atoms. The molecule has 5 nitrogen and oxygen atoms in total. The molecule has 3 aromatic carbocycles. The van der Waals surface area contributed by atoms with Crippen molar-refractivity contribution in [2.75, 3.05) is 18.6 Å². The van der Waals surface area contributed by atoms with E-state index in [1.165, 1.54) is 4.90 Å². The molecule has 166 valence electrons. The highest BCUT2D eigenvalue weighted by Crippen LogP contribution is 2.23. The van der Waals surface area contributed by atoms with Crippen molar-refractivity contribution in [2.45, 2.75) is 26.8 Å². The van der Waals surface area contributed by atoms with Crippen LogP contribution in [0.5, 0.6) is 5.75 Å². The second-order valence-electron chi connectivity index (χ2n) is 8.11. The molecule has 0 fully saturated rings. The summed E-state index contributed by atoms with van der Waals surface area (Å²) in [6.45, 7) is 5.31. The summed E-state index contributed by atoms with van der Waals surface area (Å²) in [5.74, 6) is 0.784. The summed E-state index contributed by atoms with van der Waals surface area (Å²) in [6, 6.07) is 24.0. The largest absolute Gasteiger partial charge is 0.494 e. The number of ether oxygens (including phenoxy) is 1. The zero-order valence-electron chi connectivity index (χ0n) is 18.9. The number of benzene rings is 3. The number of amides is 2. The number of carbonyl (C=O) groups is 2. The molecule has 0 aliphatic heterocycles. The second-order valence-corrected chi connectivity index (χ2v) is 8.11. The molecule has 0 radical (unpaired) electrons. The Kier molecular flexibility index (Phi) is 8.03. The summed E-state index contributed by atoms with van der Waals surface area (Å²) >= 11 is 0. The van der Waals surface area contributed by atoms with Gasteiger partial charge in [0.05, 0.1) is 17.9 Å². The number of hydrogen-bond acceptors (Lipinski definition) is 3. The Hall–Kier alpha value is -3.60. The number of nitrogens with zero attached hydrogens (tertiary/aromatic N) is 1. The third-order valence-corrected chi connectivity index (χ3v) is 5.16. The second kappa shape index (κ2) is 11.1. The predicted octanol–water partition coefficient (Wildman–Crippen LogP) is 5.32. The number of nitrogens with one attached hydrogen (secondary N) is 1. The van der Waals surface area contributed by atoms with Gasteiger partial charge in [-0.05, 0) is 48.2 Å². The van der Waals surface area contributed by atoms with Crippen molar-refractivity contribution in [3.8, 4) is 5.75 Å². The van der Waals surface area contributed by atoms with Gasteiger partial charge in [0.15, 0.2) is 0 Å². The van der Waals surface area contributed by atoms with Crippen molar-refractivity contribution in [3.63, 3.8) is 0 Å². The number of anilines is 1. The Morgan fingerprint density at radius 3 is 2.41 bits per heavy atom. The minimum absolute atomic E-state index is 0.206. The first kappa shape index (κ1) is 23.1. The molecule has 0 unspecified atom stereocenters. The Balaban J connectivity index is 1.73. The quantitative estimate of drug-likeness (QED) is 0.500. The maximum atomic E-state index is 13.2. The molecule has 0 aliphatic carbocycles. The third kappa shape index (κ3) is 6.20. The summed E-state index contributed by atoms with van der Waals surface area (Å²) in [7, 11) is 1.68. The summed E-state index contributed by atoms with van der Waals surface area (Å²) < 4.78 is 5.79. The lowest BCUT2D eigenvalue weighted by Gasteiger charge is -2.21. The average molecular weight is 431 g/mol. The van der Waals surface area contributed by atoms with E-state index in [0.717, 1.165) is 12.0 Å². The molecule has 3 aromatic rings. The van der Waals surface area contributed by atoms with Crippen LogP contribution in [0.1, 0.15) is 46.5 Å². The summed E-state index contributed by atoms with van der Waals surface area (Å²) in [5.41, 5.74) is 2.52. The number of rotatable bonds is 9. The topological polar surface area (TPSA) is 58.6 Å². The Morgan fingerprint density at radius 2 is 1.66 bits per heavy atom. The van der Waals surface area contributed by atoms with E-state index < -0.39 is 0 Å². The van der Waals surface area contributed by atoms with Crippen molar-refractivity contribution in [3.05, 3.63) is 95.6 Å². The summed E-state index contributed by atoms with van der Waals surface area (Å²) in [6.07, 6.45) is 0.948. The highest BCUT2D eigenvalue weighted by Gasteiger charge is 2.20. The zero-order chi connectivity index (χ0) is 22.9. The van der Waals surface area contributed by atoms with E-state index in [2.05, 4.69) is 19.2 Å². The lowest BCUT2D eigenvalue weighted by Crippen LogP contribution is -2.30. The standard InChI is InChI=1S/C27H30N2O3/c1-20(2)16-17-32-23-13-9-12-22(18-23)27(31)29(3)25-15-8-7-14-24(25)26(30)28-19-21-10-5-4-6-11-21/h4-15,18,20H,16-17,19H2,1-3H3,(H,28,30). The Labute approximate surface area is 190 Å². The fourth-order valence-corrected chi connectivity index (χ4v) is 3.27. The fourth-order valence-electron chi connectivity index (χ4n) is 3.27. The van der Waals surface area contributed by atoms with Gasteiger partial charge in [0.25, 0.3) is 11.8 Å². The SMILES string of the molecule is CC(C)CCOc1cccc(C(=O)N(C)c2ccccc2C(=O)NCc2ccccc2)c1. The Bertz CT molecular complexity index is 1050. The molecule has 3 rings (SSSR count). The van der Waals surface area contributed by atoms with Gasteiger partial charge in [0.1, 0.15) is 5.75 Å². The van der Waals surface area contributed by atoms with E-state index in [9.17, 15) is 9.59 Å². The monoisotopic (exact) mass is 430 g/mol. The molecule has 0 saturated carbocycles. The van der Waals surface area contributed by atoms with Gasteiger partial charge in [-0.3, -0.25) is 9.59 Å². The maximum absolute atomic E-state index is 13.2. The minimum atomic E-state index is -0.227. The molecule has 0 bridgehead atoms. The molecule has 2 amide bonds. The van der Waals surface area contributed by atoms with Crippen LogP contribution in [-0.4, -0.2) is 25.5 Å². The maximum Gasteiger partial charge on any atom is 0.258 e. The van der Waals surface area contributed by atoms with Gasteiger partial charge >= 0.3 is 0 Å². The van der Waals surface area contributed by atoms with Crippen LogP contribution < -0.4 is 15.0 Å². The van der Waals surface area contributed by atoms with Crippen molar-refractivity contribution >= 4 is 17.5 Å². The van der Waals surface area contributed by atoms with Crippen molar-refractivity contribution in [1.29, 1.82) is 0 Å². The van der Waals surface area contributed by atoms with Crippen molar-refractivity contribution in [1.82, 2.24) is 5.32 Å². The fraction of sp³-hybridized carbons (Fsp3) is 0.259. The summed E-state index contributed by atoms with van der Waals surface area (Å²) in [4.78, 5) is 27.5. The van der Waals surface area contributed by atoms with Crippen LogP contribution in [0.4, 0.5) is 5.69 Å². The lowest BCUT2D eigenvalue weighted by molar-refractivity contribution is 0.0951. The van der Waals surface area contributed by atoms with Gasteiger partial charge in [-0.2, -0.15) is 0 Å². The first-order valence-corrected chi connectivity index (χ1v) is 10.9. The summed E-state index contributed by atoms with van der Waals surface area (Å²) in [5, 5.41) is 2.93. The normalized spacial score (nSPS) is 10.6. The van der Waals surface area contributed by atoms with Gasteiger partial charge in [-0.25, -0.2) is 0 Å². The third-order valence-electron chi connectivity index (χ3n) is 5.16. The highest BCUT2D eigenvalue weighted by molar-refractivity contribution is 6.10. The van der Waals surface area contributed by atoms with Crippen molar-refractivity contribution in [2.24, 2.45) is 5.92 Å². The van der Waals surface area contributed by atoms with Crippen molar-refractivity contribution < 1.29 is 14.3 Å². The Morgan fingerprint density at radius 1 is 0.938 bits per heavy atom. The molecule has 0 heterocycles. The number of carbonyl (C=O) groups excluding carboxylic acids is 2. The molecule has 0 saturated heterocycles. The molecule has 0 aromatic heterocycles. The van der Waals surface area contributed by atoms with Crippen LogP contribution in [-0.2, 0) is 6.54 Å². The molecule has 5 heteroatoms. The number of hydrogen-bond donors (Lipinski definition) is 1. The van der Waals surface area contributed by atoms with Gasteiger partial charge in [0, 0.05) is 19.2 Å². The minimum Gasteiger partial charge on any atom is -0.494 e. The van der Waals surface area contributed by atoms with E-state index in [0.29, 0.717) is 41.6 Å². The first-order chi connectivity index (χ1) is 15.5. The average Bonchev–Trinajstić information content (AvgIpc) is 2.82. The van der Waals surface area contributed by atoms with E-state index in [4.69, 9.17) is 4.74 Å². The van der Waals surface area contributed by atoms with E-state index in [-0.39, 0.29) is 11.8 Å². The van der Waals surface area contributed by atoms with Crippen LogP contribution in [0.25, 0.3) is 0 Å². The molecule has 0 atom stereocenters. The predicted molar refractivity (Wildman–Crippen MR) is 128 cm³/mol. The number of para-hydroxylation sites is 1. The van der Waals surface area contributed by atoms with Gasteiger partial charge in [-0.15, -0.1) is 0 Å². The smallest absolute Gasteiger partial charge is 0.258 e. The molecule has 1 N–H and O–H groups in total. The van der Waals surface area contributed by atoms with Crippen LogP contribution in [0.3, 0.4) is 0 Å². The van der Waals surface area contributed by atoms with Crippen LogP contribution in [0, 0.1) is 5.92 Å². The van der Waals surface area contributed by atoms with E-state index >= 15 is 0 Å². The molecular formula is C27H30N2O3. The first-order valence-electron chi connectivity index (χ1n) is 10.9.